The molecule has 1 aromatic heterocycles. The molecule has 0 saturated carbocycles. The van der Waals surface area contributed by atoms with E-state index in [1.807, 2.05) is 35.0 Å². The highest BCUT2D eigenvalue weighted by atomic mass is 32.1. The fraction of sp³-hybridized carbons (Fsp3) is 0.409. The lowest BCUT2D eigenvalue weighted by molar-refractivity contribution is -0.126. The normalized spacial score (nSPS) is 25.9. The monoisotopic (exact) mass is 424 g/mol. The molecule has 3 aliphatic heterocycles. The summed E-state index contributed by atoms with van der Waals surface area (Å²) in [7, 11) is 0. The van der Waals surface area contributed by atoms with E-state index in [4.69, 9.17) is 0 Å². The van der Waals surface area contributed by atoms with Gasteiger partial charge in [0.05, 0.1) is 17.3 Å². The summed E-state index contributed by atoms with van der Waals surface area (Å²) in [5.74, 6) is -0.328. The van der Waals surface area contributed by atoms with Crippen LogP contribution in [0.1, 0.15) is 36.0 Å². The van der Waals surface area contributed by atoms with E-state index in [-0.39, 0.29) is 29.8 Å². The first-order valence-electron chi connectivity index (χ1n) is 10.4. The van der Waals surface area contributed by atoms with Crippen molar-refractivity contribution in [3.05, 3.63) is 40.6 Å². The molecule has 0 aliphatic carbocycles. The molecule has 0 unspecified atom stereocenters. The molecule has 5 rings (SSSR count). The van der Waals surface area contributed by atoms with Gasteiger partial charge in [-0.25, -0.2) is 0 Å². The smallest absolute Gasteiger partial charge is 0.256 e. The third-order valence-corrected chi connectivity index (χ3v) is 6.93. The Morgan fingerprint density at radius 1 is 1.17 bits per heavy atom. The number of piperidine rings is 1. The quantitative estimate of drug-likeness (QED) is 0.705. The molecule has 2 saturated heterocycles. The predicted molar refractivity (Wildman–Crippen MR) is 115 cm³/mol. The van der Waals surface area contributed by atoms with Crippen LogP contribution in [0.5, 0.6) is 0 Å². The molecule has 3 N–H and O–H groups in total. The third kappa shape index (κ3) is 3.50. The zero-order valence-electron chi connectivity index (χ0n) is 16.5. The maximum absolute atomic E-state index is 13.3. The van der Waals surface area contributed by atoms with E-state index in [1.54, 1.807) is 16.2 Å². The molecule has 156 valence electrons. The summed E-state index contributed by atoms with van der Waals surface area (Å²) in [6.07, 6.45) is 2.92. The molecule has 3 aliphatic rings. The fourth-order valence-electron chi connectivity index (χ4n) is 4.61. The SMILES string of the molecule is O=C(N[C@H]1CCN2C(=O)c3cc(-c4ccsc4)ccc3NC(=O)[C@@H]2C1)[C@H]1CCCN1. The molecule has 0 spiro atoms. The summed E-state index contributed by atoms with van der Waals surface area (Å²) < 4.78 is 0. The number of hydrogen-bond donors (Lipinski definition) is 3. The fourth-order valence-corrected chi connectivity index (χ4v) is 5.27. The first-order valence-corrected chi connectivity index (χ1v) is 11.4. The van der Waals surface area contributed by atoms with Crippen molar-refractivity contribution in [3.63, 3.8) is 0 Å². The van der Waals surface area contributed by atoms with E-state index in [1.165, 1.54) is 0 Å². The molecule has 2 aromatic rings. The van der Waals surface area contributed by atoms with E-state index in [0.29, 0.717) is 30.6 Å². The Morgan fingerprint density at radius 3 is 2.83 bits per heavy atom. The van der Waals surface area contributed by atoms with Gasteiger partial charge in [-0.05, 0) is 72.3 Å². The molecule has 0 bridgehead atoms. The van der Waals surface area contributed by atoms with E-state index in [2.05, 4.69) is 16.0 Å². The van der Waals surface area contributed by atoms with Gasteiger partial charge in [0.1, 0.15) is 6.04 Å². The van der Waals surface area contributed by atoms with Crippen molar-refractivity contribution >= 4 is 34.7 Å². The van der Waals surface area contributed by atoms with E-state index >= 15 is 0 Å². The second-order valence-electron chi connectivity index (χ2n) is 8.15. The number of anilines is 1. The number of carbonyl (C=O) groups is 3. The summed E-state index contributed by atoms with van der Waals surface area (Å²) in [5.41, 5.74) is 3.09. The zero-order chi connectivity index (χ0) is 20.7. The molecule has 2 fully saturated rings. The highest BCUT2D eigenvalue weighted by molar-refractivity contribution is 7.08. The second-order valence-corrected chi connectivity index (χ2v) is 8.93. The van der Waals surface area contributed by atoms with E-state index in [9.17, 15) is 14.4 Å². The number of hydrogen-bond acceptors (Lipinski definition) is 5. The Morgan fingerprint density at radius 2 is 2.07 bits per heavy atom. The molecular formula is C22H24N4O3S. The van der Waals surface area contributed by atoms with Crippen LogP contribution < -0.4 is 16.0 Å². The molecule has 8 heteroatoms. The molecule has 1 aromatic carbocycles. The second kappa shape index (κ2) is 7.85. The number of thiophene rings is 1. The molecule has 3 amide bonds. The predicted octanol–water partition coefficient (Wildman–Crippen LogP) is 2.21. The number of nitrogens with one attached hydrogen (secondary N) is 3. The lowest BCUT2D eigenvalue weighted by Crippen LogP contribution is -2.56. The maximum Gasteiger partial charge on any atom is 0.256 e. The van der Waals surface area contributed by atoms with Gasteiger partial charge in [0.2, 0.25) is 11.8 Å². The number of fused-ring (bicyclic) bond motifs is 2. The number of nitrogens with zero attached hydrogens (tertiary/aromatic N) is 1. The average molecular weight is 425 g/mol. The van der Waals surface area contributed by atoms with E-state index < -0.39 is 6.04 Å². The van der Waals surface area contributed by atoms with Crippen LogP contribution in [-0.2, 0) is 9.59 Å². The van der Waals surface area contributed by atoms with Crippen molar-refractivity contribution in [3.8, 4) is 11.1 Å². The van der Waals surface area contributed by atoms with Crippen molar-refractivity contribution in [1.29, 1.82) is 0 Å². The van der Waals surface area contributed by atoms with Gasteiger partial charge in [-0.15, -0.1) is 0 Å². The Hall–Kier alpha value is -2.71. The van der Waals surface area contributed by atoms with Crippen LogP contribution in [0.3, 0.4) is 0 Å². The Balaban J connectivity index is 1.35. The largest absolute Gasteiger partial charge is 0.352 e. The minimum atomic E-state index is -0.579. The van der Waals surface area contributed by atoms with Gasteiger partial charge in [-0.3, -0.25) is 14.4 Å². The maximum atomic E-state index is 13.3. The van der Waals surface area contributed by atoms with Crippen LogP contribution in [-0.4, -0.2) is 53.8 Å². The molecule has 4 heterocycles. The van der Waals surface area contributed by atoms with Gasteiger partial charge in [-0.2, -0.15) is 11.3 Å². The van der Waals surface area contributed by atoms with Crippen LogP contribution in [0.2, 0.25) is 0 Å². The van der Waals surface area contributed by atoms with Crippen molar-refractivity contribution in [2.24, 2.45) is 0 Å². The number of carbonyl (C=O) groups excluding carboxylic acids is 3. The summed E-state index contributed by atoms with van der Waals surface area (Å²) in [4.78, 5) is 40.4. The minimum Gasteiger partial charge on any atom is -0.352 e. The van der Waals surface area contributed by atoms with Crippen molar-refractivity contribution < 1.29 is 14.4 Å². The molecular weight excluding hydrogens is 400 g/mol. The lowest BCUT2D eigenvalue weighted by atomic mass is 9.95. The Labute approximate surface area is 178 Å². The number of rotatable bonds is 3. The number of benzene rings is 1. The van der Waals surface area contributed by atoms with Crippen LogP contribution in [0.25, 0.3) is 11.1 Å². The zero-order valence-corrected chi connectivity index (χ0v) is 17.3. The van der Waals surface area contributed by atoms with Crippen LogP contribution >= 0.6 is 11.3 Å². The summed E-state index contributed by atoms with van der Waals surface area (Å²) in [5, 5.41) is 13.3. The van der Waals surface area contributed by atoms with Crippen molar-refractivity contribution in [2.45, 2.75) is 43.8 Å². The first kappa shape index (κ1) is 19.3. The van der Waals surface area contributed by atoms with Gasteiger partial charge in [0.25, 0.3) is 5.91 Å². The van der Waals surface area contributed by atoms with Crippen LogP contribution in [0.15, 0.2) is 35.0 Å². The molecule has 0 radical (unpaired) electrons. The molecule has 30 heavy (non-hydrogen) atoms. The summed E-state index contributed by atoms with van der Waals surface area (Å²) >= 11 is 1.61. The standard InChI is InChI=1S/C22H24N4O3S/c27-20(18-2-1-7-23-18)24-15-5-8-26-19(11-15)21(28)25-17-4-3-13(10-16(17)22(26)29)14-6-9-30-12-14/h3-4,6,9-10,12,15,18-19,23H,1-2,5,7-8,11H2,(H,24,27)(H,25,28)/t15-,18+,19-/m0/s1. The topological polar surface area (TPSA) is 90.5 Å². The molecule has 3 atom stereocenters. The minimum absolute atomic E-state index is 0.00463. The molecule has 7 nitrogen and oxygen atoms in total. The third-order valence-electron chi connectivity index (χ3n) is 6.25. The van der Waals surface area contributed by atoms with Gasteiger partial charge >= 0.3 is 0 Å². The van der Waals surface area contributed by atoms with Gasteiger partial charge in [-0.1, -0.05) is 6.07 Å². The van der Waals surface area contributed by atoms with E-state index in [0.717, 1.165) is 30.5 Å². The highest BCUT2D eigenvalue weighted by Crippen LogP contribution is 2.32. The van der Waals surface area contributed by atoms with Crippen molar-refractivity contribution in [1.82, 2.24) is 15.5 Å². The average Bonchev–Trinajstić information content (AvgIpc) is 3.46. The lowest BCUT2D eigenvalue weighted by Gasteiger charge is -2.37. The Kier molecular flexibility index (Phi) is 5.04. The van der Waals surface area contributed by atoms with Crippen LogP contribution in [0, 0.1) is 0 Å². The van der Waals surface area contributed by atoms with Gasteiger partial charge < -0.3 is 20.9 Å². The summed E-state index contributed by atoms with van der Waals surface area (Å²) in [6.45, 7) is 1.31. The highest BCUT2D eigenvalue weighted by Gasteiger charge is 2.40. The van der Waals surface area contributed by atoms with Crippen LogP contribution in [0.4, 0.5) is 5.69 Å². The first-order chi connectivity index (χ1) is 14.6. The van der Waals surface area contributed by atoms with Gasteiger partial charge in [0.15, 0.2) is 0 Å². The van der Waals surface area contributed by atoms with Gasteiger partial charge in [0, 0.05) is 12.6 Å². The Bertz CT molecular complexity index is 984. The summed E-state index contributed by atoms with van der Waals surface area (Å²) in [6, 6.07) is 6.78. The van der Waals surface area contributed by atoms with Crippen molar-refractivity contribution in [2.75, 3.05) is 18.4 Å². The number of amides is 3.